The maximum absolute atomic E-state index is 13.2. The number of rotatable bonds is 40. The van der Waals surface area contributed by atoms with Gasteiger partial charge in [0.2, 0.25) is 0 Å². The van der Waals surface area contributed by atoms with Crippen LogP contribution in [0.15, 0.2) is 0 Å². The maximum atomic E-state index is 13.2. The molecule has 2 N–H and O–H groups in total. The van der Waals surface area contributed by atoms with E-state index in [1.807, 2.05) is 0 Å². The molecule has 0 aliphatic carbocycles. The highest BCUT2D eigenvalue weighted by molar-refractivity contribution is 6.06. The van der Waals surface area contributed by atoms with Gasteiger partial charge in [-0.25, -0.2) is 4.79 Å². The maximum Gasteiger partial charge on any atom is 0.327 e. The molecule has 0 aromatic rings. The molecule has 10 heteroatoms. The number of urea groups is 1. The molecule has 1 aliphatic rings. The summed E-state index contributed by atoms with van der Waals surface area (Å²) in [5.41, 5.74) is -1.26. The van der Waals surface area contributed by atoms with Gasteiger partial charge in [0.05, 0.1) is 13.1 Å². The van der Waals surface area contributed by atoms with Crippen LogP contribution in [-0.2, 0) is 23.9 Å². The summed E-state index contributed by atoms with van der Waals surface area (Å²) < 4.78 is 10.5. The van der Waals surface area contributed by atoms with Crippen molar-refractivity contribution in [2.45, 2.75) is 251 Å². The average Bonchev–Trinajstić information content (AvgIpc) is 3.34. The number of carbonyl (C=O) groups excluding carboxylic acids is 4. The SMILES string of the molecule is CCCCCCCCCCCCCCCCCC(=O)OCC(O)CN1C(=O)N(CC(O)COC(=O)CCCCCCCCCCCCCCCCC)C(C)(C)C1=O. The van der Waals surface area contributed by atoms with Crippen molar-refractivity contribution < 1.29 is 38.9 Å². The van der Waals surface area contributed by atoms with Crippen LogP contribution in [0.4, 0.5) is 4.79 Å². The molecule has 1 fully saturated rings. The molecule has 0 aromatic heterocycles. The molecular weight excluding hydrogens is 721 g/mol. The van der Waals surface area contributed by atoms with Crippen LogP contribution < -0.4 is 0 Å². The smallest absolute Gasteiger partial charge is 0.327 e. The lowest BCUT2D eigenvalue weighted by Gasteiger charge is -2.29. The summed E-state index contributed by atoms with van der Waals surface area (Å²) in [4.78, 5) is 53.1. The number of aliphatic hydroxyl groups excluding tert-OH is 2. The number of amides is 3. The van der Waals surface area contributed by atoms with Crippen molar-refractivity contribution in [1.82, 2.24) is 9.80 Å². The molecule has 1 saturated heterocycles. The van der Waals surface area contributed by atoms with Gasteiger partial charge in [-0.15, -0.1) is 0 Å². The first-order valence-corrected chi connectivity index (χ1v) is 23.8. The molecule has 3 amide bonds. The first-order chi connectivity index (χ1) is 27.5. The van der Waals surface area contributed by atoms with Gasteiger partial charge in [0, 0.05) is 12.8 Å². The predicted molar refractivity (Wildman–Crippen MR) is 231 cm³/mol. The Morgan fingerprint density at radius 1 is 0.491 bits per heavy atom. The van der Waals surface area contributed by atoms with E-state index in [0.717, 1.165) is 43.4 Å². The normalized spacial score (nSPS) is 15.1. The summed E-state index contributed by atoms with van der Waals surface area (Å²) in [6.45, 7) is 6.55. The van der Waals surface area contributed by atoms with Crippen molar-refractivity contribution in [2.75, 3.05) is 26.3 Å². The molecule has 1 aliphatic heterocycles. The molecule has 0 aromatic carbocycles. The van der Waals surface area contributed by atoms with Crippen molar-refractivity contribution in [2.24, 2.45) is 0 Å². The topological polar surface area (TPSA) is 134 Å². The Balaban J connectivity index is 2.14. The number of hydrogen-bond donors (Lipinski definition) is 2. The highest BCUT2D eigenvalue weighted by atomic mass is 16.5. The van der Waals surface area contributed by atoms with Crippen molar-refractivity contribution in [1.29, 1.82) is 0 Å². The minimum atomic E-state index is -1.26. The highest BCUT2D eigenvalue weighted by Gasteiger charge is 2.52. The van der Waals surface area contributed by atoms with Crippen molar-refractivity contribution in [3.05, 3.63) is 0 Å². The van der Waals surface area contributed by atoms with E-state index in [2.05, 4.69) is 13.8 Å². The fourth-order valence-corrected chi connectivity index (χ4v) is 7.72. The fourth-order valence-electron chi connectivity index (χ4n) is 7.72. The van der Waals surface area contributed by atoms with Crippen LogP contribution in [0.25, 0.3) is 0 Å². The van der Waals surface area contributed by atoms with Gasteiger partial charge in [0.1, 0.15) is 31.0 Å². The first-order valence-electron chi connectivity index (χ1n) is 23.8. The number of hydrogen-bond acceptors (Lipinski definition) is 8. The number of carbonyl (C=O) groups is 4. The van der Waals surface area contributed by atoms with E-state index >= 15 is 0 Å². The largest absolute Gasteiger partial charge is 0.463 e. The standard InChI is InChI=1S/C47H88N2O8/c1-5-7-9-11-13-15-17-19-21-23-25-27-29-31-33-35-43(52)56-39-41(50)37-48-45(54)47(3,4)49(46(48)55)38-42(51)40-57-44(53)36-34-32-30-28-26-24-22-20-18-16-14-12-10-8-6-2/h41-42,50-51H,5-40H2,1-4H3. The zero-order valence-corrected chi connectivity index (χ0v) is 37.3. The predicted octanol–water partition coefficient (Wildman–Crippen LogP) is 11.4. The third kappa shape index (κ3) is 26.5. The Hall–Kier alpha value is -2.20. The van der Waals surface area contributed by atoms with Gasteiger partial charge in [0.25, 0.3) is 5.91 Å². The molecule has 0 radical (unpaired) electrons. The summed E-state index contributed by atoms with van der Waals surface area (Å²) in [6, 6.07) is -0.656. The van der Waals surface area contributed by atoms with E-state index < -0.39 is 35.7 Å². The minimum absolute atomic E-state index is 0.204. The van der Waals surface area contributed by atoms with E-state index in [9.17, 15) is 29.4 Å². The number of ether oxygens (including phenoxy) is 2. The van der Waals surface area contributed by atoms with Crippen molar-refractivity contribution in [3.8, 4) is 0 Å². The summed E-state index contributed by atoms with van der Waals surface area (Å²) in [7, 11) is 0. The molecule has 57 heavy (non-hydrogen) atoms. The Kier molecular flexibility index (Phi) is 32.1. The lowest BCUT2D eigenvalue weighted by molar-refractivity contribution is -0.148. The van der Waals surface area contributed by atoms with Crippen LogP contribution in [0.2, 0.25) is 0 Å². The van der Waals surface area contributed by atoms with E-state index in [0.29, 0.717) is 0 Å². The molecule has 1 heterocycles. The van der Waals surface area contributed by atoms with Crippen LogP contribution in [0.5, 0.6) is 0 Å². The van der Waals surface area contributed by atoms with Gasteiger partial charge >= 0.3 is 18.0 Å². The fraction of sp³-hybridized carbons (Fsp3) is 0.915. The number of esters is 2. The Labute approximate surface area is 349 Å². The average molecular weight is 809 g/mol. The van der Waals surface area contributed by atoms with Gasteiger partial charge < -0.3 is 24.6 Å². The van der Waals surface area contributed by atoms with Crippen LogP contribution in [0.1, 0.15) is 233 Å². The first kappa shape index (κ1) is 52.8. The number of aliphatic hydroxyl groups is 2. The lowest BCUT2D eigenvalue weighted by atomic mass is 10.0. The zero-order valence-electron chi connectivity index (χ0n) is 37.3. The molecule has 2 atom stereocenters. The molecule has 0 spiro atoms. The molecular formula is C47H88N2O8. The second-order valence-corrected chi connectivity index (χ2v) is 17.4. The lowest BCUT2D eigenvalue weighted by Crippen LogP contribution is -2.48. The van der Waals surface area contributed by atoms with Crippen LogP contribution >= 0.6 is 0 Å². The molecule has 10 nitrogen and oxygen atoms in total. The third-order valence-electron chi connectivity index (χ3n) is 11.5. The van der Waals surface area contributed by atoms with E-state index in [1.54, 1.807) is 13.8 Å². The van der Waals surface area contributed by atoms with Gasteiger partial charge in [-0.05, 0) is 26.7 Å². The quantitative estimate of drug-likeness (QED) is 0.0355. The zero-order chi connectivity index (χ0) is 42.0. The number of nitrogens with zero attached hydrogens (tertiary/aromatic N) is 2. The third-order valence-corrected chi connectivity index (χ3v) is 11.5. The molecule has 0 saturated carbocycles. The summed E-state index contributed by atoms with van der Waals surface area (Å²) >= 11 is 0. The minimum Gasteiger partial charge on any atom is -0.463 e. The van der Waals surface area contributed by atoms with Crippen molar-refractivity contribution >= 4 is 23.9 Å². The Bertz CT molecular complexity index is 1040. The van der Waals surface area contributed by atoms with Gasteiger partial charge in [-0.3, -0.25) is 19.3 Å². The molecule has 2 unspecified atom stereocenters. The van der Waals surface area contributed by atoms with Crippen LogP contribution in [0.3, 0.4) is 0 Å². The Morgan fingerprint density at radius 2 is 0.772 bits per heavy atom. The van der Waals surface area contributed by atoms with Gasteiger partial charge in [-0.1, -0.05) is 194 Å². The molecule has 1 rings (SSSR count). The molecule has 0 bridgehead atoms. The highest BCUT2D eigenvalue weighted by Crippen LogP contribution is 2.28. The van der Waals surface area contributed by atoms with E-state index in [1.165, 1.54) is 159 Å². The monoisotopic (exact) mass is 809 g/mol. The number of imide groups is 1. The van der Waals surface area contributed by atoms with Crippen LogP contribution in [0, 0.1) is 0 Å². The number of β-amino-alcohol motifs (C(OH)–C–C–N with tert-alkyl or cyclic N) is 2. The van der Waals surface area contributed by atoms with Crippen molar-refractivity contribution in [3.63, 3.8) is 0 Å². The molecule has 334 valence electrons. The van der Waals surface area contributed by atoms with E-state index in [4.69, 9.17) is 9.47 Å². The summed E-state index contributed by atoms with van der Waals surface area (Å²) in [6.07, 6.45) is 35.5. The summed E-state index contributed by atoms with van der Waals surface area (Å²) in [5.74, 6) is -1.30. The number of unbranched alkanes of at least 4 members (excludes halogenated alkanes) is 28. The van der Waals surface area contributed by atoms with E-state index in [-0.39, 0.29) is 45.1 Å². The van der Waals surface area contributed by atoms with Crippen LogP contribution in [-0.4, -0.2) is 87.9 Å². The van der Waals surface area contributed by atoms with Gasteiger partial charge in [0.15, 0.2) is 0 Å². The summed E-state index contributed by atoms with van der Waals surface area (Å²) in [5, 5.41) is 21.1. The van der Waals surface area contributed by atoms with Gasteiger partial charge in [-0.2, -0.15) is 0 Å². The second kappa shape index (κ2) is 34.6. The second-order valence-electron chi connectivity index (χ2n) is 17.4. The Morgan fingerprint density at radius 3 is 1.09 bits per heavy atom.